The molecule has 1 fully saturated rings. The second-order valence-electron chi connectivity index (χ2n) is 5.35. The molecule has 0 aliphatic carbocycles. The second kappa shape index (κ2) is 6.78. The fourth-order valence-corrected chi connectivity index (χ4v) is 2.30. The molecule has 1 saturated heterocycles. The Morgan fingerprint density at radius 3 is 2.81 bits per heavy atom. The van der Waals surface area contributed by atoms with Gasteiger partial charge >= 0.3 is 0 Å². The maximum Gasteiger partial charge on any atom is 0.251 e. The number of nitrogens with two attached hydrogens (primary N) is 1. The number of hydrogen-bond acceptors (Lipinski definition) is 5. The third kappa shape index (κ3) is 4.09. The summed E-state index contributed by atoms with van der Waals surface area (Å²) < 4.78 is 5.25. The summed E-state index contributed by atoms with van der Waals surface area (Å²) in [4.78, 5) is 11.8. The number of ether oxygens (including phenoxy) is 1. The van der Waals surface area contributed by atoms with Crippen LogP contribution in [-0.4, -0.2) is 42.9 Å². The summed E-state index contributed by atoms with van der Waals surface area (Å²) in [6.07, 6.45) is 1.19. The van der Waals surface area contributed by atoms with Crippen molar-refractivity contribution in [3.8, 4) is 0 Å². The molecule has 1 aromatic rings. The Bertz CT molecular complexity index is 499. The average Bonchev–Trinajstić information content (AvgIpc) is 2.47. The first-order chi connectivity index (χ1) is 10.0. The first kappa shape index (κ1) is 15.6. The monoisotopic (exact) mass is 293 g/mol. The zero-order valence-electron chi connectivity index (χ0n) is 12.3. The smallest absolute Gasteiger partial charge is 0.251 e. The molecule has 0 aromatic heterocycles. The highest BCUT2D eigenvalue weighted by atomic mass is 16.5. The van der Waals surface area contributed by atoms with Crippen LogP contribution < -0.4 is 16.4 Å². The van der Waals surface area contributed by atoms with Gasteiger partial charge in [-0.3, -0.25) is 4.79 Å². The standard InChI is InChI=1S/C15H23N3O3/c1-2-17-14(19)11-3-4-12(16)13(9-11)18-10-15(20)5-7-21-8-6-15/h3-4,9,18,20H,2,5-8,10,16H2,1H3,(H,17,19). The Labute approximate surface area is 124 Å². The highest BCUT2D eigenvalue weighted by Gasteiger charge is 2.29. The number of hydrogen-bond donors (Lipinski definition) is 4. The predicted octanol–water partition coefficient (Wildman–Crippen LogP) is 0.972. The van der Waals surface area contributed by atoms with Crippen molar-refractivity contribution >= 4 is 17.3 Å². The summed E-state index contributed by atoms with van der Waals surface area (Å²) in [6, 6.07) is 5.10. The SMILES string of the molecule is CCNC(=O)c1ccc(N)c(NCC2(O)CCOCC2)c1. The highest BCUT2D eigenvalue weighted by molar-refractivity contribution is 5.96. The Morgan fingerprint density at radius 1 is 1.43 bits per heavy atom. The van der Waals surface area contributed by atoms with Gasteiger partial charge in [-0.05, 0) is 25.1 Å². The summed E-state index contributed by atoms with van der Waals surface area (Å²) >= 11 is 0. The maximum atomic E-state index is 11.8. The number of aliphatic hydroxyl groups is 1. The Kier molecular flexibility index (Phi) is 5.03. The van der Waals surface area contributed by atoms with E-state index in [0.717, 1.165) is 0 Å². The summed E-state index contributed by atoms with van der Waals surface area (Å²) in [5, 5.41) is 16.3. The van der Waals surface area contributed by atoms with Gasteiger partial charge in [0.1, 0.15) is 0 Å². The normalized spacial score (nSPS) is 17.2. The molecule has 0 unspecified atom stereocenters. The van der Waals surface area contributed by atoms with Gasteiger partial charge in [0.2, 0.25) is 0 Å². The van der Waals surface area contributed by atoms with Crippen molar-refractivity contribution in [2.24, 2.45) is 0 Å². The van der Waals surface area contributed by atoms with Crippen LogP contribution in [0.25, 0.3) is 0 Å². The van der Waals surface area contributed by atoms with Crippen LogP contribution in [0.3, 0.4) is 0 Å². The Hall–Kier alpha value is -1.79. The first-order valence-electron chi connectivity index (χ1n) is 7.26. The molecular weight excluding hydrogens is 270 g/mol. The summed E-state index contributed by atoms with van der Waals surface area (Å²) in [7, 11) is 0. The van der Waals surface area contributed by atoms with Crippen LogP contribution in [0.5, 0.6) is 0 Å². The summed E-state index contributed by atoms with van der Waals surface area (Å²) in [5.74, 6) is -0.134. The predicted molar refractivity (Wildman–Crippen MR) is 82.4 cm³/mol. The van der Waals surface area contributed by atoms with Gasteiger partial charge < -0.3 is 26.2 Å². The molecule has 116 valence electrons. The van der Waals surface area contributed by atoms with Crippen LogP contribution >= 0.6 is 0 Å². The average molecular weight is 293 g/mol. The molecule has 0 bridgehead atoms. The lowest BCUT2D eigenvalue weighted by molar-refractivity contribution is -0.0543. The topological polar surface area (TPSA) is 96.6 Å². The van der Waals surface area contributed by atoms with E-state index in [1.54, 1.807) is 18.2 Å². The van der Waals surface area contributed by atoms with Crippen LogP contribution in [0.15, 0.2) is 18.2 Å². The number of carbonyl (C=O) groups is 1. The van der Waals surface area contributed by atoms with E-state index in [9.17, 15) is 9.90 Å². The third-order valence-electron chi connectivity index (χ3n) is 3.68. The molecule has 1 heterocycles. The van der Waals surface area contributed by atoms with Crippen molar-refractivity contribution in [1.82, 2.24) is 5.32 Å². The van der Waals surface area contributed by atoms with E-state index in [2.05, 4.69) is 10.6 Å². The third-order valence-corrected chi connectivity index (χ3v) is 3.68. The minimum atomic E-state index is -0.785. The number of anilines is 2. The van der Waals surface area contributed by atoms with E-state index in [0.29, 0.717) is 56.1 Å². The van der Waals surface area contributed by atoms with E-state index in [1.165, 1.54) is 0 Å². The summed E-state index contributed by atoms with van der Waals surface area (Å²) in [6.45, 7) is 3.96. The minimum Gasteiger partial charge on any atom is -0.397 e. The maximum absolute atomic E-state index is 11.8. The number of rotatable bonds is 5. The molecule has 5 N–H and O–H groups in total. The number of nitrogens with one attached hydrogen (secondary N) is 2. The number of carbonyl (C=O) groups excluding carboxylic acids is 1. The molecule has 0 spiro atoms. The number of benzene rings is 1. The molecule has 6 nitrogen and oxygen atoms in total. The largest absolute Gasteiger partial charge is 0.397 e. The molecule has 1 aliphatic heterocycles. The van der Waals surface area contributed by atoms with Crippen molar-refractivity contribution < 1.29 is 14.6 Å². The second-order valence-corrected chi connectivity index (χ2v) is 5.35. The molecule has 0 saturated carbocycles. The van der Waals surface area contributed by atoms with Gasteiger partial charge in [-0.15, -0.1) is 0 Å². The van der Waals surface area contributed by atoms with Crippen molar-refractivity contribution in [3.63, 3.8) is 0 Å². The highest BCUT2D eigenvalue weighted by Crippen LogP contribution is 2.24. The Morgan fingerprint density at radius 2 is 2.14 bits per heavy atom. The van der Waals surface area contributed by atoms with Crippen molar-refractivity contribution in [1.29, 1.82) is 0 Å². The van der Waals surface area contributed by atoms with E-state index in [4.69, 9.17) is 10.5 Å². The molecule has 21 heavy (non-hydrogen) atoms. The van der Waals surface area contributed by atoms with Gasteiger partial charge in [0.05, 0.1) is 17.0 Å². The van der Waals surface area contributed by atoms with Crippen LogP contribution in [0.2, 0.25) is 0 Å². The Balaban J connectivity index is 2.05. The van der Waals surface area contributed by atoms with Gasteiger partial charge in [-0.25, -0.2) is 0 Å². The van der Waals surface area contributed by atoms with Gasteiger partial charge in [-0.2, -0.15) is 0 Å². The molecule has 0 atom stereocenters. The van der Waals surface area contributed by atoms with Crippen molar-refractivity contribution in [2.45, 2.75) is 25.4 Å². The van der Waals surface area contributed by atoms with Crippen LogP contribution in [0.4, 0.5) is 11.4 Å². The molecule has 6 heteroatoms. The molecule has 2 rings (SSSR count). The van der Waals surface area contributed by atoms with Gasteiger partial charge in [0.25, 0.3) is 5.91 Å². The molecule has 1 amide bonds. The van der Waals surface area contributed by atoms with E-state index >= 15 is 0 Å². The van der Waals surface area contributed by atoms with E-state index in [1.807, 2.05) is 6.92 Å². The molecule has 1 aromatic carbocycles. The van der Waals surface area contributed by atoms with E-state index in [-0.39, 0.29) is 5.91 Å². The van der Waals surface area contributed by atoms with Crippen molar-refractivity contribution in [3.05, 3.63) is 23.8 Å². The zero-order chi connectivity index (χ0) is 15.3. The van der Waals surface area contributed by atoms with Crippen LogP contribution in [0, 0.1) is 0 Å². The lowest BCUT2D eigenvalue weighted by Crippen LogP contribution is -2.42. The van der Waals surface area contributed by atoms with Crippen LogP contribution in [0.1, 0.15) is 30.1 Å². The van der Waals surface area contributed by atoms with Gasteiger partial charge in [0.15, 0.2) is 0 Å². The minimum absolute atomic E-state index is 0.134. The first-order valence-corrected chi connectivity index (χ1v) is 7.26. The quantitative estimate of drug-likeness (QED) is 0.607. The molecule has 1 aliphatic rings. The zero-order valence-corrected chi connectivity index (χ0v) is 12.3. The van der Waals surface area contributed by atoms with Gasteiger partial charge in [0, 0.05) is 44.7 Å². The van der Waals surface area contributed by atoms with Crippen molar-refractivity contribution in [2.75, 3.05) is 37.4 Å². The lowest BCUT2D eigenvalue weighted by Gasteiger charge is -2.32. The van der Waals surface area contributed by atoms with Crippen LogP contribution in [-0.2, 0) is 4.74 Å². The lowest BCUT2D eigenvalue weighted by atomic mass is 9.94. The fourth-order valence-electron chi connectivity index (χ4n) is 2.30. The molecular formula is C15H23N3O3. The van der Waals surface area contributed by atoms with Gasteiger partial charge in [-0.1, -0.05) is 0 Å². The molecule has 0 radical (unpaired) electrons. The van der Waals surface area contributed by atoms with E-state index < -0.39 is 5.60 Å². The fraction of sp³-hybridized carbons (Fsp3) is 0.533. The number of nitrogen functional groups attached to an aromatic ring is 1. The summed E-state index contributed by atoms with van der Waals surface area (Å²) in [5.41, 5.74) is 6.90. The number of amides is 1.